The Hall–Kier alpha value is -2.14. The van der Waals surface area contributed by atoms with Crippen molar-refractivity contribution in [3.05, 3.63) is 53.3 Å². The Balaban J connectivity index is 1.98. The maximum atomic E-state index is 11.3. The largest absolute Gasteiger partial charge is 0.480 e. The number of benzene rings is 1. The maximum absolute atomic E-state index is 11.3. The van der Waals surface area contributed by atoms with Crippen LogP contribution in [0.25, 0.3) is 0 Å². The number of nitrogens with one attached hydrogen (secondary N) is 2. The number of H-pyrrole nitrogens is 1. The molecule has 100 valence electrons. The van der Waals surface area contributed by atoms with E-state index in [1.54, 1.807) is 12.4 Å². The second-order valence-corrected chi connectivity index (χ2v) is 4.57. The molecule has 1 heterocycles. The molecule has 0 aliphatic carbocycles. The van der Waals surface area contributed by atoms with Crippen LogP contribution in [0.4, 0.5) is 0 Å². The average Bonchev–Trinajstić information content (AvgIpc) is 2.87. The fourth-order valence-electron chi connectivity index (χ4n) is 1.94. The Kier molecular flexibility index (Phi) is 4.30. The summed E-state index contributed by atoms with van der Waals surface area (Å²) in [5.74, 6) is -0.843. The molecule has 2 rings (SSSR count). The second kappa shape index (κ2) is 6.15. The molecule has 5 heteroatoms. The topological polar surface area (TPSA) is 78.0 Å². The van der Waals surface area contributed by atoms with Crippen molar-refractivity contribution < 1.29 is 9.90 Å². The van der Waals surface area contributed by atoms with Gasteiger partial charge in [-0.15, -0.1) is 0 Å². The molecule has 5 nitrogen and oxygen atoms in total. The summed E-state index contributed by atoms with van der Waals surface area (Å²) < 4.78 is 0. The van der Waals surface area contributed by atoms with E-state index in [2.05, 4.69) is 15.5 Å². The SMILES string of the molecule is Cc1cccc(CC(NCc2cn[nH]c2)C(=O)O)c1. The Bertz CT molecular complexity index is 537. The number of aromatic amines is 1. The van der Waals surface area contributed by atoms with E-state index in [0.717, 1.165) is 16.7 Å². The molecule has 0 radical (unpaired) electrons. The first-order valence-electron chi connectivity index (χ1n) is 6.14. The first-order chi connectivity index (χ1) is 9.15. The number of aliphatic carboxylic acids is 1. The van der Waals surface area contributed by atoms with Crippen LogP contribution in [0.1, 0.15) is 16.7 Å². The summed E-state index contributed by atoms with van der Waals surface area (Å²) in [4.78, 5) is 11.3. The highest BCUT2D eigenvalue weighted by molar-refractivity contribution is 5.73. The molecule has 0 saturated heterocycles. The minimum absolute atomic E-state index is 0.467. The number of hydrogen-bond donors (Lipinski definition) is 3. The normalized spacial score (nSPS) is 12.3. The number of nitrogens with zero attached hydrogens (tertiary/aromatic N) is 1. The lowest BCUT2D eigenvalue weighted by molar-refractivity contribution is -0.139. The molecule has 1 aromatic heterocycles. The number of carboxylic acid groups (broad SMARTS) is 1. The van der Waals surface area contributed by atoms with Crippen molar-refractivity contribution >= 4 is 5.97 Å². The molecule has 1 aromatic carbocycles. The highest BCUT2D eigenvalue weighted by atomic mass is 16.4. The van der Waals surface area contributed by atoms with Gasteiger partial charge >= 0.3 is 5.97 Å². The Morgan fingerprint density at radius 3 is 2.95 bits per heavy atom. The van der Waals surface area contributed by atoms with Crippen molar-refractivity contribution in [2.45, 2.75) is 25.9 Å². The number of aryl methyl sites for hydroxylation is 1. The molecule has 2 aromatic rings. The molecule has 1 atom stereocenters. The molecule has 0 bridgehead atoms. The molecule has 0 aliphatic heterocycles. The fourth-order valence-corrected chi connectivity index (χ4v) is 1.94. The average molecular weight is 259 g/mol. The molecule has 1 unspecified atom stereocenters. The molecule has 3 N–H and O–H groups in total. The van der Waals surface area contributed by atoms with Crippen LogP contribution in [0, 0.1) is 6.92 Å². The predicted molar refractivity (Wildman–Crippen MR) is 71.7 cm³/mol. The monoisotopic (exact) mass is 259 g/mol. The minimum atomic E-state index is -0.843. The first-order valence-corrected chi connectivity index (χ1v) is 6.14. The number of aromatic nitrogens is 2. The van der Waals surface area contributed by atoms with E-state index in [9.17, 15) is 9.90 Å². The lowest BCUT2D eigenvalue weighted by Gasteiger charge is -2.14. The Morgan fingerprint density at radius 1 is 1.47 bits per heavy atom. The number of carbonyl (C=O) groups is 1. The van der Waals surface area contributed by atoms with Crippen molar-refractivity contribution in [1.82, 2.24) is 15.5 Å². The molecular formula is C14H17N3O2. The van der Waals surface area contributed by atoms with Gasteiger partial charge in [0.05, 0.1) is 6.20 Å². The van der Waals surface area contributed by atoms with Crippen LogP contribution < -0.4 is 5.32 Å². The van der Waals surface area contributed by atoms with Crippen LogP contribution in [0.3, 0.4) is 0 Å². The summed E-state index contributed by atoms with van der Waals surface area (Å²) in [5.41, 5.74) is 3.10. The predicted octanol–water partition coefficient (Wildman–Crippen LogP) is 1.50. The molecule has 0 fully saturated rings. The summed E-state index contributed by atoms with van der Waals surface area (Å²) in [6.07, 6.45) is 3.89. The van der Waals surface area contributed by atoms with Crippen LogP contribution in [-0.2, 0) is 17.8 Å². The van der Waals surface area contributed by atoms with Crippen molar-refractivity contribution in [3.63, 3.8) is 0 Å². The summed E-state index contributed by atoms with van der Waals surface area (Å²) in [6, 6.07) is 7.30. The second-order valence-electron chi connectivity index (χ2n) is 4.57. The van der Waals surface area contributed by atoms with E-state index in [0.29, 0.717) is 13.0 Å². The zero-order valence-electron chi connectivity index (χ0n) is 10.8. The van der Waals surface area contributed by atoms with Gasteiger partial charge in [-0.1, -0.05) is 29.8 Å². The van der Waals surface area contributed by atoms with Crippen LogP contribution in [0.15, 0.2) is 36.7 Å². The van der Waals surface area contributed by atoms with E-state index in [-0.39, 0.29) is 0 Å². The third-order valence-electron chi connectivity index (χ3n) is 2.93. The zero-order valence-corrected chi connectivity index (χ0v) is 10.8. The molecule has 19 heavy (non-hydrogen) atoms. The number of hydrogen-bond acceptors (Lipinski definition) is 3. The third kappa shape index (κ3) is 3.93. The van der Waals surface area contributed by atoms with Gasteiger partial charge < -0.3 is 5.11 Å². The van der Waals surface area contributed by atoms with Gasteiger partial charge in [0.2, 0.25) is 0 Å². The van der Waals surface area contributed by atoms with Gasteiger partial charge in [0.25, 0.3) is 0 Å². The maximum Gasteiger partial charge on any atom is 0.321 e. The molecule has 0 aliphatic rings. The minimum Gasteiger partial charge on any atom is -0.480 e. The number of carboxylic acids is 1. The Morgan fingerprint density at radius 2 is 2.32 bits per heavy atom. The molecule has 0 saturated carbocycles. The van der Waals surface area contributed by atoms with Gasteiger partial charge in [0, 0.05) is 18.3 Å². The molecule has 0 spiro atoms. The summed E-state index contributed by atoms with van der Waals surface area (Å²) in [6.45, 7) is 2.48. The third-order valence-corrected chi connectivity index (χ3v) is 2.93. The van der Waals surface area contributed by atoms with Gasteiger partial charge in [-0.25, -0.2) is 0 Å². The van der Waals surface area contributed by atoms with Gasteiger partial charge in [-0.2, -0.15) is 5.10 Å². The summed E-state index contributed by atoms with van der Waals surface area (Å²) in [7, 11) is 0. The summed E-state index contributed by atoms with van der Waals surface area (Å²) >= 11 is 0. The van der Waals surface area contributed by atoms with Crippen LogP contribution in [0.2, 0.25) is 0 Å². The summed E-state index contributed by atoms with van der Waals surface area (Å²) in [5, 5.41) is 18.8. The van der Waals surface area contributed by atoms with E-state index < -0.39 is 12.0 Å². The van der Waals surface area contributed by atoms with E-state index in [1.807, 2.05) is 31.2 Å². The lowest BCUT2D eigenvalue weighted by atomic mass is 10.0. The Labute approximate surface area is 111 Å². The van der Waals surface area contributed by atoms with Gasteiger partial charge in [0.15, 0.2) is 0 Å². The first kappa shape index (κ1) is 13.3. The van der Waals surface area contributed by atoms with E-state index >= 15 is 0 Å². The highest BCUT2D eigenvalue weighted by Crippen LogP contribution is 2.08. The van der Waals surface area contributed by atoms with Crippen molar-refractivity contribution in [1.29, 1.82) is 0 Å². The van der Waals surface area contributed by atoms with Crippen LogP contribution >= 0.6 is 0 Å². The van der Waals surface area contributed by atoms with E-state index in [4.69, 9.17) is 0 Å². The van der Waals surface area contributed by atoms with Gasteiger partial charge in [0.1, 0.15) is 6.04 Å². The quantitative estimate of drug-likeness (QED) is 0.734. The van der Waals surface area contributed by atoms with Crippen molar-refractivity contribution in [3.8, 4) is 0 Å². The van der Waals surface area contributed by atoms with Gasteiger partial charge in [-0.05, 0) is 18.9 Å². The molecule has 0 amide bonds. The number of rotatable bonds is 6. The van der Waals surface area contributed by atoms with Gasteiger partial charge in [-0.3, -0.25) is 15.2 Å². The van der Waals surface area contributed by atoms with Crippen LogP contribution in [0.5, 0.6) is 0 Å². The zero-order chi connectivity index (χ0) is 13.7. The van der Waals surface area contributed by atoms with E-state index in [1.165, 1.54) is 0 Å². The highest BCUT2D eigenvalue weighted by Gasteiger charge is 2.17. The van der Waals surface area contributed by atoms with Crippen molar-refractivity contribution in [2.75, 3.05) is 0 Å². The lowest BCUT2D eigenvalue weighted by Crippen LogP contribution is -2.38. The standard InChI is InChI=1S/C14H17N3O2/c1-10-3-2-4-11(5-10)6-13(14(18)19)15-7-12-8-16-17-9-12/h2-5,8-9,13,15H,6-7H2,1H3,(H,16,17)(H,18,19). The fraction of sp³-hybridized carbons (Fsp3) is 0.286. The molecular weight excluding hydrogens is 242 g/mol. The van der Waals surface area contributed by atoms with Crippen molar-refractivity contribution in [2.24, 2.45) is 0 Å². The van der Waals surface area contributed by atoms with Crippen LogP contribution in [-0.4, -0.2) is 27.3 Å². The smallest absolute Gasteiger partial charge is 0.321 e.